The molecule has 1 N–H and O–H groups in total. The van der Waals surface area contributed by atoms with Gasteiger partial charge in [-0.05, 0) is 31.5 Å². The highest BCUT2D eigenvalue weighted by Crippen LogP contribution is 2.25. The van der Waals surface area contributed by atoms with E-state index >= 15 is 0 Å². The van der Waals surface area contributed by atoms with Crippen LogP contribution >= 0.6 is 0 Å². The number of ether oxygens (including phenoxy) is 1. The predicted molar refractivity (Wildman–Crippen MR) is 67.2 cm³/mol. The Morgan fingerprint density at radius 1 is 1.53 bits per heavy atom. The number of aromatic nitrogens is 2. The van der Waals surface area contributed by atoms with Gasteiger partial charge in [0, 0.05) is 13.1 Å². The Morgan fingerprint density at radius 2 is 2.47 bits per heavy atom. The first-order chi connectivity index (χ1) is 8.34. The van der Waals surface area contributed by atoms with E-state index in [0.29, 0.717) is 6.04 Å². The molecule has 4 nitrogen and oxygen atoms in total. The van der Waals surface area contributed by atoms with Gasteiger partial charge in [-0.15, -0.1) is 0 Å². The number of fused-ring (bicyclic) bond motifs is 1. The summed E-state index contributed by atoms with van der Waals surface area (Å²) in [5.74, 6) is 0.935. The summed E-state index contributed by atoms with van der Waals surface area (Å²) in [6.07, 6.45) is 4.33. The van der Waals surface area contributed by atoms with Gasteiger partial charge < -0.3 is 10.1 Å². The van der Waals surface area contributed by atoms with Crippen molar-refractivity contribution in [3.8, 4) is 5.75 Å². The first kappa shape index (κ1) is 10.6. The highest BCUT2D eigenvalue weighted by atomic mass is 16.5. The molecule has 0 aliphatic carbocycles. The lowest BCUT2D eigenvalue weighted by Gasteiger charge is -2.12. The summed E-state index contributed by atoms with van der Waals surface area (Å²) in [6, 6.07) is 6.59. The van der Waals surface area contributed by atoms with E-state index in [-0.39, 0.29) is 0 Å². The Balaban J connectivity index is 1.79. The van der Waals surface area contributed by atoms with Gasteiger partial charge in [-0.25, -0.2) is 0 Å². The zero-order valence-electron chi connectivity index (χ0n) is 10.0. The van der Waals surface area contributed by atoms with Crippen LogP contribution in [0.4, 0.5) is 0 Å². The third kappa shape index (κ3) is 2.00. The van der Waals surface area contributed by atoms with Crippen molar-refractivity contribution in [2.45, 2.75) is 18.9 Å². The van der Waals surface area contributed by atoms with Crippen LogP contribution in [-0.2, 0) is 7.05 Å². The Bertz CT molecular complexity index is 514. The van der Waals surface area contributed by atoms with Crippen molar-refractivity contribution < 1.29 is 4.74 Å². The SMILES string of the molecule is Cn1ncc2c(OCC3CCCN3)cccc21. The highest BCUT2D eigenvalue weighted by Gasteiger charge is 2.15. The minimum absolute atomic E-state index is 0.502. The Morgan fingerprint density at radius 3 is 3.29 bits per heavy atom. The van der Waals surface area contributed by atoms with E-state index in [2.05, 4.69) is 16.5 Å². The zero-order chi connectivity index (χ0) is 11.7. The smallest absolute Gasteiger partial charge is 0.130 e. The molecule has 90 valence electrons. The lowest BCUT2D eigenvalue weighted by Crippen LogP contribution is -2.28. The van der Waals surface area contributed by atoms with Crippen LogP contribution in [0.3, 0.4) is 0 Å². The molecule has 1 aromatic carbocycles. The summed E-state index contributed by atoms with van der Waals surface area (Å²) in [6.45, 7) is 1.86. The van der Waals surface area contributed by atoms with Gasteiger partial charge in [-0.2, -0.15) is 5.10 Å². The topological polar surface area (TPSA) is 39.1 Å². The fourth-order valence-corrected chi connectivity index (χ4v) is 2.37. The predicted octanol–water partition coefficient (Wildman–Crippen LogP) is 1.70. The van der Waals surface area contributed by atoms with E-state index in [1.165, 1.54) is 12.8 Å². The third-order valence-electron chi connectivity index (χ3n) is 3.35. The minimum atomic E-state index is 0.502. The molecule has 0 saturated carbocycles. The average molecular weight is 231 g/mol. The zero-order valence-corrected chi connectivity index (χ0v) is 10.0. The van der Waals surface area contributed by atoms with Crippen molar-refractivity contribution in [2.75, 3.05) is 13.2 Å². The van der Waals surface area contributed by atoms with Gasteiger partial charge in [0.15, 0.2) is 0 Å². The van der Waals surface area contributed by atoms with Crippen LogP contribution in [0.1, 0.15) is 12.8 Å². The van der Waals surface area contributed by atoms with E-state index in [1.807, 2.05) is 30.1 Å². The maximum Gasteiger partial charge on any atom is 0.130 e. The van der Waals surface area contributed by atoms with E-state index < -0.39 is 0 Å². The fourth-order valence-electron chi connectivity index (χ4n) is 2.37. The van der Waals surface area contributed by atoms with Crippen LogP contribution in [0.25, 0.3) is 10.9 Å². The molecule has 17 heavy (non-hydrogen) atoms. The maximum absolute atomic E-state index is 5.90. The van der Waals surface area contributed by atoms with Crippen molar-refractivity contribution in [3.05, 3.63) is 24.4 Å². The van der Waals surface area contributed by atoms with Gasteiger partial charge >= 0.3 is 0 Å². The van der Waals surface area contributed by atoms with Gasteiger partial charge in [0.05, 0.1) is 17.1 Å². The summed E-state index contributed by atoms with van der Waals surface area (Å²) in [5.41, 5.74) is 1.11. The molecular weight excluding hydrogens is 214 g/mol. The number of nitrogens with zero attached hydrogens (tertiary/aromatic N) is 2. The first-order valence-electron chi connectivity index (χ1n) is 6.11. The lowest BCUT2D eigenvalue weighted by atomic mass is 10.2. The number of benzene rings is 1. The Hall–Kier alpha value is -1.55. The van der Waals surface area contributed by atoms with Gasteiger partial charge in [0.1, 0.15) is 12.4 Å². The van der Waals surface area contributed by atoms with E-state index in [4.69, 9.17) is 4.74 Å². The number of hydrogen-bond donors (Lipinski definition) is 1. The van der Waals surface area contributed by atoms with Crippen LogP contribution < -0.4 is 10.1 Å². The van der Waals surface area contributed by atoms with Crippen LogP contribution in [0.5, 0.6) is 5.75 Å². The van der Waals surface area contributed by atoms with E-state index in [9.17, 15) is 0 Å². The Kier molecular flexibility index (Phi) is 2.73. The van der Waals surface area contributed by atoms with Crippen molar-refractivity contribution in [1.82, 2.24) is 15.1 Å². The quantitative estimate of drug-likeness (QED) is 0.874. The molecule has 1 saturated heterocycles. The first-order valence-corrected chi connectivity index (χ1v) is 6.11. The molecular formula is C13H17N3O. The summed E-state index contributed by atoms with van der Waals surface area (Å²) in [5, 5.41) is 8.78. The summed E-state index contributed by atoms with van der Waals surface area (Å²) in [7, 11) is 1.95. The van der Waals surface area contributed by atoms with Crippen molar-refractivity contribution >= 4 is 10.9 Å². The molecule has 4 heteroatoms. The van der Waals surface area contributed by atoms with Gasteiger partial charge in [-0.3, -0.25) is 4.68 Å². The van der Waals surface area contributed by atoms with Crippen LogP contribution in [0.15, 0.2) is 24.4 Å². The summed E-state index contributed by atoms with van der Waals surface area (Å²) < 4.78 is 7.77. The molecule has 0 spiro atoms. The molecule has 3 rings (SSSR count). The molecule has 1 aromatic heterocycles. The molecule has 1 fully saturated rings. The van der Waals surface area contributed by atoms with Crippen LogP contribution in [0.2, 0.25) is 0 Å². The molecule has 1 unspecified atom stereocenters. The second kappa shape index (κ2) is 4.37. The molecule has 1 atom stereocenters. The van der Waals surface area contributed by atoms with Crippen molar-refractivity contribution in [2.24, 2.45) is 7.05 Å². The van der Waals surface area contributed by atoms with Gasteiger partial charge in [-0.1, -0.05) is 6.07 Å². The summed E-state index contributed by atoms with van der Waals surface area (Å²) in [4.78, 5) is 0. The second-order valence-corrected chi connectivity index (χ2v) is 4.56. The maximum atomic E-state index is 5.90. The van der Waals surface area contributed by atoms with Crippen LogP contribution in [0, 0.1) is 0 Å². The van der Waals surface area contributed by atoms with E-state index in [1.54, 1.807) is 0 Å². The highest BCUT2D eigenvalue weighted by molar-refractivity contribution is 5.85. The fraction of sp³-hybridized carbons (Fsp3) is 0.462. The molecule has 1 aliphatic rings. The number of aryl methyl sites for hydroxylation is 1. The van der Waals surface area contributed by atoms with Crippen LogP contribution in [-0.4, -0.2) is 29.0 Å². The molecule has 2 heterocycles. The minimum Gasteiger partial charge on any atom is -0.491 e. The number of hydrogen-bond acceptors (Lipinski definition) is 3. The molecule has 0 radical (unpaired) electrons. The summed E-state index contributed by atoms with van der Waals surface area (Å²) >= 11 is 0. The molecule has 0 bridgehead atoms. The monoisotopic (exact) mass is 231 g/mol. The largest absolute Gasteiger partial charge is 0.491 e. The molecule has 0 amide bonds. The third-order valence-corrected chi connectivity index (χ3v) is 3.35. The Labute approximate surface area is 101 Å². The van der Waals surface area contributed by atoms with E-state index in [0.717, 1.165) is 29.8 Å². The number of rotatable bonds is 3. The molecule has 1 aliphatic heterocycles. The molecule has 2 aromatic rings. The normalized spacial score (nSPS) is 19.9. The number of nitrogens with one attached hydrogen (secondary N) is 1. The van der Waals surface area contributed by atoms with Gasteiger partial charge in [0.25, 0.3) is 0 Å². The second-order valence-electron chi connectivity index (χ2n) is 4.56. The lowest BCUT2D eigenvalue weighted by molar-refractivity contribution is 0.280. The van der Waals surface area contributed by atoms with Gasteiger partial charge in [0.2, 0.25) is 0 Å². The standard InChI is InChI=1S/C13H17N3O/c1-16-12-5-2-6-13(11(12)8-15-16)17-9-10-4-3-7-14-10/h2,5-6,8,10,14H,3-4,7,9H2,1H3. The average Bonchev–Trinajstić information content (AvgIpc) is 2.97. The van der Waals surface area contributed by atoms with Crippen molar-refractivity contribution in [1.29, 1.82) is 0 Å². The van der Waals surface area contributed by atoms with Crippen molar-refractivity contribution in [3.63, 3.8) is 0 Å².